The summed E-state index contributed by atoms with van der Waals surface area (Å²) in [5, 5.41) is 10.3. The van der Waals surface area contributed by atoms with Gasteiger partial charge in [-0.3, -0.25) is 9.59 Å². The lowest BCUT2D eigenvalue weighted by Gasteiger charge is -2.67. The van der Waals surface area contributed by atoms with Gasteiger partial charge in [0.2, 0.25) is 0 Å². The van der Waals surface area contributed by atoms with Crippen molar-refractivity contribution in [3.05, 3.63) is 22.8 Å². The van der Waals surface area contributed by atoms with E-state index in [1.54, 1.807) is 0 Å². The number of rotatable bonds is 5. The average Bonchev–Trinajstić information content (AvgIpc) is 3.05. The molecular formula is C31H46O5. The summed E-state index contributed by atoms with van der Waals surface area (Å²) in [6.07, 6.45) is 9.13. The zero-order valence-electron chi connectivity index (χ0n) is 23.4. The van der Waals surface area contributed by atoms with Crippen LogP contribution in [0.2, 0.25) is 0 Å². The number of hydrogen-bond donors (Lipinski definition) is 1. The normalized spacial score (nSPS) is 43.1. The topological polar surface area (TPSA) is 80.7 Å². The number of carboxylic acids is 1. The molecule has 0 bridgehead atoms. The standard InChI is InChI=1S/C31H46O5/c1-18(2)9-8-10-21(28(34)35)27-23-11-12-26-29(5)15-14-24(33)19(3)22(29)13-16-30(26,6)31(23,7)17-25(27)36-20(4)32/h9,19,22-23,25-26H,8,10-17H2,1-7H3,(H,34,35)/b27-21-/t19-,22-,23-,25-,26-,29-,30-,31-/m0/s1. The molecule has 4 aliphatic carbocycles. The van der Waals surface area contributed by atoms with Gasteiger partial charge in [-0.05, 0) is 105 Å². The molecule has 0 radical (unpaired) electrons. The molecule has 0 aromatic rings. The Bertz CT molecular complexity index is 1000. The van der Waals surface area contributed by atoms with E-state index in [1.165, 1.54) is 12.5 Å². The number of carbonyl (C=O) groups is 3. The lowest BCUT2D eigenvalue weighted by Crippen LogP contribution is -2.61. The molecule has 200 valence electrons. The van der Waals surface area contributed by atoms with Crippen LogP contribution in [0.25, 0.3) is 0 Å². The maximum absolute atomic E-state index is 12.6. The molecule has 0 saturated heterocycles. The number of esters is 1. The average molecular weight is 499 g/mol. The van der Waals surface area contributed by atoms with Crippen LogP contribution in [0.5, 0.6) is 0 Å². The highest BCUT2D eigenvalue weighted by Crippen LogP contribution is 2.74. The monoisotopic (exact) mass is 498 g/mol. The largest absolute Gasteiger partial charge is 0.478 e. The van der Waals surface area contributed by atoms with E-state index in [2.05, 4.69) is 33.8 Å². The fraction of sp³-hybridized carbons (Fsp3) is 0.774. The van der Waals surface area contributed by atoms with Gasteiger partial charge in [0.25, 0.3) is 0 Å². The summed E-state index contributed by atoms with van der Waals surface area (Å²) < 4.78 is 5.91. The van der Waals surface area contributed by atoms with Crippen molar-refractivity contribution >= 4 is 17.7 Å². The van der Waals surface area contributed by atoms with E-state index in [4.69, 9.17) is 4.74 Å². The zero-order chi connectivity index (χ0) is 26.6. The van der Waals surface area contributed by atoms with Crippen LogP contribution in [-0.2, 0) is 19.1 Å². The second-order valence-corrected chi connectivity index (χ2v) is 13.3. The van der Waals surface area contributed by atoms with Crippen molar-refractivity contribution in [2.75, 3.05) is 0 Å². The van der Waals surface area contributed by atoms with Crippen LogP contribution in [-0.4, -0.2) is 28.9 Å². The number of carboxylic acid groups (broad SMARTS) is 1. The van der Waals surface area contributed by atoms with E-state index >= 15 is 0 Å². The number of aliphatic carboxylic acids is 1. The lowest BCUT2D eigenvalue weighted by atomic mass is 9.37. The quantitative estimate of drug-likeness (QED) is 0.253. The number of fused-ring (bicyclic) bond motifs is 5. The fourth-order valence-electron chi connectivity index (χ4n) is 9.54. The first-order valence-electron chi connectivity index (χ1n) is 14.1. The van der Waals surface area contributed by atoms with Crippen molar-refractivity contribution in [1.29, 1.82) is 0 Å². The molecule has 4 aliphatic rings. The smallest absolute Gasteiger partial charge is 0.331 e. The molecule has 36 heavy (non-hydrogen) atoms. The van der Waals surface area contributed by atoms with Crippen molar-refractivity contribution in [3.8, 4) is 0 Å². The molecule has 4 fully saturated rings. The van der Waals surface area contributed by atoms with Gasteiger partial charge in [0, 0.05) is 24.8 Å². The Hall–Kier alpha value is -1.91. The van der Waals surface area contributed by atoms with Crippen molar-refractivity contribution in [1.82, 2.24) is 0 Å². The van der Waals surface area contributed by atoms with Crippen LogP contribution in [0.1, 0.15) is 106 Å². The highest BCUT2D eigenvalue weighted by atomic mass is 16.5. The molecule has 0 unspecified atom stereocenters. The molecule has 8 atom stereocenters. The number of allylic oxidation sites excluding steroid dienone is 2. The minimum atomic E-state index is -0.879. The fourth-order valence-corrected chi connectivity index (χ4v) is 9.54. The number of Topliss-reactive ketones (excluding diaryl/α,β-unsaturated/α-hetero) is 1. The summed E-state index contributed by atoms with van der Waals surface area (Å²) in [5.74, 6) is 0.337. The molecule has 4 saturated carbocycles. The molecule has 4 rings (SSSR count). The molecule has 0 aromatic carbocycles. The number of ether oxygens (including phenoxy) is 1. The van der Waals surface area contributed by atoms with Crippen LogP contribution in [0.15, 0.2) is 22.8 Å². The second kappa shape index (κ2) is 9.44. The number of carbonyl (C=O) groups excluding carboxylic acids is 2. The molecule has 5 heteroatoms. The van der Waals surface area contributed by atoms with Gasteiger partial charge in [-0.25, -0.2) is 4.79 Å². The Balaban J connectivity index is 1.78. The predicted molar refractivity (Wildman–Crippen MR) is 140 cm³/mol. The number of ketones is 1. The molecule has 5 nitrogen and oxygen atoms in total. The second-order valence-electron chi connectivity index (χ2n) is 13.3. The molecule has 1 N–H and O–H groups in total. The van der Waals surface area contributed by atoms with Gasteiger partial charge in [0.05, 0.1) is 0 Å². The van der Waals surface area contributed by atoms with E-state index in [1.807, 2.05) is 13.8 Å². The number of hydrogen-bond acceptors (Lipinski definition) is 4. The first-order valence-corrected chi connectivity index (χ1v) is 14.1. The van der Waals surface area contributed by atoms with E-state index < -0.39 is 12.1 Å². The Morgan fingerprint density at radius 1 is 1.06 bits per heavy atom. The predicted octanol–water partition coefficient (Wildman–Crippen LogP) is 6.90. The Kier molecular flexibility index (Phi) is 7.11. The third-order valence-electron chi connectivity index (χ3n) is 11.4. The Morgan fingerprint density at radius 3 is 2.36 bits per heavy atom. The maximum Gasteiger partial charge on any atom is 0.331 e. The van der Waals surface area contributed by atoms with Crippen LogP contribution in [0.3, 0.4) is 0 Å². The van der Waals surface area contributed by atoms with Crippen molar-refractivity contribution in [2.45, 2.75) is 112 Å². The van der Waals surface area contributed by atoms with Gasteiger partial charge in [-0.15, -0.1) is 0 Å². The summed E-state index contributed by atoms with van der Waals surface area (Å²) in [7, 11) is 0. The van der Waals surface area contributed by atoms with Crippen LogP contribution >= 0.6 is 0 Å². The molecule has 0 aliphatic heterocycles. The molecular weight excluding hydrogens is 452 g/mol. The maximum atomic E-state index is 12.6. The third-order valence-corrected chi connectivity index (χ3v) is 11.4. The van der Waals surface area contributed by atoms with Crippen LogP contribution < -0.4 is 0 Å². The summed E-state index contributed by atoms with van der Waals surface area (Å²) in [4.78, 5) is 37.4. The van der Waals surface area contributed by atoms with Gasteiger partial charge in [0.1, 0.15) is 11.9 Å². The molecule has 0 heterocycles. The first-order chi connectivity index (χ1) is 16.8. The van der Waals surface area contributed by atoms with Gasteiger partial charge in [0.15, 0.2) is 0 Å². The van der Waals surface area contributed by atoms with E-state index in [0.717, 1.165) is 37.7 Å². The summed E-state index contributed by atoms with van der Waals surface area (Å²) in [5.41, 5.74) is 2.48. The van der Waals surface area contributed by atoms with Crippen molar-refractivity contribution in [3.63, 3.8) is 0 Å². The molecule has 0 spiro atoms. The highest BCUT2D eigenvalue weighted by molar-refractivity contribution is 5.88. The molecule has 0 aromatic heterocycles. The van der Waals surface area contributed by atoms with Crippen LogP contribution in [0, 0.1) is 39.9 Å². The summed E-state index contributed by atoms with van der Waals surface area (Å²) in [6.45, 7) is 14.8. The van der Waals surface area contributed by atoms with Crippen molar-refractivity contribution < 1.29 is 24.2 Å². The first kappa shape index (κ1) is 27.1. The molecule has 0 amide bonds. The van der Waals surface area contributed by atoms with Gasteiger partial charge in [-0.2, -0.15) is 0 Å². The Morgan fingerprint density at radius 2 is 1.75 bits per heavy atom. The Labute approximate surface area is 217 Å². The third kappa shape index (κ3) is 4.09. The summed E-state index contributed by atoms with van der Waals surface area (Å²) in [6, 6.07) is 0. The summed E-state index contributed by atoms with van der Waals surface area (Å²) >= 11 is 0. The van der Waals surface area contributed by atoms with E-state index in [9.17, 15) is 19.5 Å². The van der Waals surface area contributed by atoms with E-state index in [0.29, 0.717) is 48.9 Å². The van der Waals surface area contributed by atoms with Gasteiger partial charge in [-0.1, -0.05) is 39.3 Å². The minimum Gasteiger partial charge on any atom is -0.478 e. The van der Waals surface area contributed by atoms with Crippen molar-refractivity contribution in [2.24, 2.45) is 39.9 Å². The van der Waals surface area contributed by atoms with Gasteiger partial charge < -0.3 is 9.84 Å². The van der Waals surface area contributed by atoms with Crippen LogP contribution in [0.4, 0.5) is 0 Å². The van der Waals surface area contributed by atoms with E-state index in [-0.39, 0.29) is 34.1 Å². The SMILES string of the molecule is CC(=O)O[C@H]1C[C@@]2(C)[C@@H](CC[C@H]3[C@@]4(C)CCC(=O)[C@@H](C)[C@@H]4CC[C@@]32C)/C1=C(\CCC=C(C)C)C(=O)O. The highest BCUT2D eigenvalue weighted by Gasteiger charge is 2.68. The van der Waals surface area contributed by atoms with Gasteiger partial charge >= 0.3 is 11.9 Å². The zero-order valence-corrected chi connectivity index (χ0v) is 23.4. The lowest BCUT2D eigenvalue weighted by molar-refractivity contribution is -0.187. The minimum absolute atomic E-state index is 0.00491.